The van der Waals surface area contributed by atoms with E-state index in [-0.39, 0.29) is 11.9 Å². The number of hydrogen-bond donors (Lipinski definition) is 3. The maximum Gasteiger partial charge on any atom is 0.262 e. The Morgan fingerprint density at radius 2 is 1.97 bits per heavy atom. The molecule has 2 aromatic carbocycles. The summed E-state index contributed by atoms with van der Waals surface area (Å²) < 4.78 is 6.03. The molecular weight excluding hydrogens is 380 g/mol. The number of amidine groups is 1. The molecule has 156 valence electrons. The highest BCUT2D eigenvalue weighted by atomic mass is 16.5. The van der Waals surface area contributed by atoms with E-state index in [1.165, 1.54) is 0 Å². The molecule has 1 unspecified atom stereocenters. The van der Waals surface area contributed by atoms with E-state index in [2.05, 4.69) is 62.5 Å². The maximum atomic E-state index is 12.2. The predicted molar refractivity (Wildman–Crippen MR) is 119 cm³/mol. The molecule has 0 bridgehead atoms. The number of fused-ring (bicyclic) bond motifs is 3. The molecule has 2 aromatic rings. The van der Waals surface area contributed by atoms with E-state index < -0.39 is 0 Å². The number of carbonyl (C=O) groups is 1. The highest BCUT2D eigenvalue weighted by Crippen LogP contribution is 2.43. The van der Waals surface area contributed by atoms with Gasteiger partial charge in [-0.15, -0.1) is 0 Å². The van der Waals surface area contributed by atoms with Gasteiger partial charge in [-0.2, -0.15) is 5.10 Å². The number of benzene rings is 2. The summed E-state index contributed by atoms with van der Waals surface area (Å²) in [5.41, 5.74) is 7.83. The monoisotopic (exact) mass is 406 g/mol. The average Bonchev–Trinajstić information content (AvgIpc) is 2.72. The zero-order valence-electron chi connectivity index (χ0n) is 17.4. The van der Waals surface area contributed by atoms with Gasteiger partial charge in [-0.25, -0.2) is 5.43 Å². The van der Waals surface area contributed by atoms with Crippen molar-refractivity contribution >= 4 is 28.8 Å². The molecule has 8 nitrogen and oxygen atoms in total. The molecule has 3 aliphatic rings. The summed E-state index contributed by atoms with van der Waals surface area (Å²) in [6, 6.07) is 12.7. The Kier molecular flexibility index (Phi) is 4.51. The van der Waals surface area contributed by atoms with Crippen LogP contribution in [0.15, 0.2) is 41.5 Å². The standard InChI is InChI=1S/C22H26N6O2/c1-13-22(29)26-25-21-12-30-20-8-17(14-4-6-16(7-5-14)27(2)3)18(9-19(20)28(13)21)24-15-10-23-11-15/h4-9,13,15,23-24H,10-12H2,1-3H3,(H,26,29). The topological polar surface area (TPSA) is 81.2 Å². The number of hydrogen-bond acceptors (Lipinski definition) is 7. The minimum Gasteiger partial charge on any atom is -0.483 e. The van der Waals surface area contributed by atoms with Crippen LogP contribution in [-0.4, -0.2) is 57.6 Å². The van der Waals surface area contributed by atoms with Crippen LogP contribution in [0.1, 0.15) is 6.92 Å². The zero-order valence-corrected chi connectivity index (χ0v) is 17.4. The summed E-state index contributed by atoms with van der Waals surface area (Å²) in [6.07, 6.45) is 0. The van der Waals surface area contributed by atoms with Gasteiger partial charge in [0.15, 0.2) is 5.84 Å². The lowest BCUT2D eigenvalue weighted by Gasteiger charge is -2.39. The fourth-order valence-corrected chi connectivity index (χ4v) is 3.98. The lowest BCUT2D eigenvalue weighted by atomic mass is 9.99. The van der Waals surface area contributed by atoms with Crippen molar-refractivity contribution in [3.8, 4) is 16.9 Å². The first-order valence-corrected chi connectivity index (χ1v) is 10.2. The minimum atomic E-state index is -0.344. The molecule has 1 fully saturated rings. The van der Waals surface area contributed by atoms with Crippen molar-refractivity contribution in [1.82, 2.24) is 10.7 Å². The van der Waals surface area contributed by atoms with Gasteiger partial charge < -0.3 is 25.2 Å². The SMILES string of the molecule is CC1C(=O)NN=C2COc3cc(-c4ccc(N(C)C)cc4)c(NC4CNC4)cc3N21. The van der Waals surface area contributed by atoms with E-state index >= 15 is 0 Å². The number of carbonyl (C=O) groups excluding carboxylic acids is 1. The van der Waals surface area contributed by atoms with Gasteiger partial charge >= 0.3 is 0 Å². The van der Waals surface area contributed by atoms with Gasteiger partial charge in [-0.3, -0.25) is 4.79 Å². The van der Waals surface area contributed by atoms with Gasteiger partial charge in [-0.05, 0) is 36.8 Å². The van der Waals surface area contributed by atoms with Crippen molar-refractivity contribution in [3.63, 3.8) is 0 Å². The molecule has 0 radical (unpaired) electrons. The van der Waals surface area contributed by atoms with Crippen molar-refractivity contribution in [2.75, 3.05) is 48.9 Å². The molecular formula is C22H26N6O2. The molecule has 30 heavy (non-hydrogen) atoms. The molecule has 3 N–H and O–H groups in total. The fourth-order valence-electron chi connectivity index (χ4n) is 3.98. The molecule has 0 aliphatic carbocycles. The molecule has 3 aliphatic heterocycles. The average molecular weight is 406 g/mol. The van der Waals surface area contributed by atoms with Crippen LogP contribution in [0.2, 0.25) is 0 Å². The van der Waals surface area contributed by atoms with Gasteiger partial charge in [0.1, 0.15) is 18.4 Å². The first kappa shape index (κ1) is 18.7. The van der Waals surface area contributed by atoms with Crippen molar-refractivity contribution in [3.05, 3.63) is 36.4 Å². The maximum absolute atomic E-state index is 12.2. The normalized spacial score (nSPS) is 20.2. The quantitative estimate of drug-likeness (QED) is 0.719. The summed E-state index contributed by atoms with van der Waals surface area (Å²) in [4.78, 5) is 16.3. The lowest BCUT2D eigenvalue weighted by molar-refractivity contribution is -0.122. The first-order chi connectivity index (χ1) is 14.5. The Hall–Kier alpha value is -3.26. The number of hydrazone groups is 1. The Morgan fingerprint density at radius 1 is 1.20 bits per heavy atom. The first-order valence-electron chi connectivity index (χ1n) is 10.2. The molecule has 8 heteroatoms. The number of anilines is 3. The fraction of sp³-hybridized carbons (Fsp3) is 0.364. The molecule has 1 atom stereocenters. The highest BCUT2D eigenvalue weighted by Gasteiger charge is 2.36. The van der Waals surface area contributed by atoms with E-state index in [1.807, 2.05) is 25.9 Å². The number of amides is 1. The summed E-state index contributed by atoms with van der Waals surface area (Å²) in [7, 11) is 4.07. The number of nitrogens with zero attached hydrogens (tertiary/aromatic N) is 3. The largest absolute Gasteiger partial charge is 0.483 e. The summed E-state index contributed by atoms with van der Waals surface area (Å²) in [6.45, 7) is 4.08. The van der Waals surface area contributed by atoms with Crippen LogP contribution in [-0.2, 0) is 4.79 Å². The van der Waals surface area contributed by atoms with E-state index in [9.17, 15) is 4.79 Å². The molecule has 0 saturated carbocycles. The van der Waals surface area contributed by atoms with Gasteiger partial charge in [0.05, 0.1) is 11.7 Å². The zero-order chi connectivity index (χ0) is 20.8. The van der Waals surface area contributed by atoms with Crippen molar-refractivity contribution < 1.29 is 9.53 Å². The second-order valence-corrected chi connectivity index (χ2v) is 8.15. The van der Waals surface area contributed by atoms with Crippen LogP contribution in [0.4, 0.5) is 17.1 Å². The number of ether oxygens (including phenoxy) is 1. The van der Waals surface area contributed by atoms with Crippen LogP contribution in [0.25, 0.3) is 11.1 Å². The molecule has 0 aromatic heterocycles. The van der Waals surface area contributed by atoms with Crippen LogP contribution in [0.5, 0.6) is 5.75 Å². The highest BCUT2D eigenvalue weighted by molar-refractivity contribution is 6.10. The third kappa shape index (κ3) is 3.13. The van der Waals surface area contributed by atoms with Crippen LogP contribution >= 0.6 is 0 Å². The summed E-state index contributed by atoms with van der Waals surface area (Å²) in [5, 5.41) is 11.2. The Balaban J connectivity index is 1.60. The molecule has 1 saturated heterocycles. The van der Waals surface area contributed by atoms with Crippen LogP contribution in [0, 0.1) is 0 Å². The van der Waals surface area contributed by atoms with Crippen molar-refractivity contribution in [2.24, 2.45) is 5.10 Å². The van der Waals surface area contributed by atoms with Gasteiger partial charge in [0, 0.05) is 44.1 Å². The van der Waals surface area contributed by atoms with Gasteiger partial charge in [0.25, 0.3) is 5.91 Å². The molecule has 5 rings (SSSR count). The van der Waals surface area contributed by atoms with E-state index in [4.69, 9.17) is 4.74 Å². The second-order valence-electron chi connectivity index (χ2n) is 8.15. The van der Waals surface area contributed by atoms with E-state index in [0.717, 1.165) is 47.0 Å². The number of nitrogens with one attached hydrogen (secondary N) is 3. The molecule has 3 heterocycles. The van der Waals surface area contributed by atoms with Gasteiger partial charge in [0.2, 0.25) is 0 Å². The second kappa shape index (κ2) is 7.21. The Labute approximate surface area is 175 Å². The lowest BCUT2D eigenvalue weighted by Crippen LogP contribution is -2.55. The smallest absolute Gasteiger partial charge is 0.262 e. The van der Waals surface area contributed by atoms with E-state index in [0.29, 0.717) is 18.5 Å². The Bertz CT molecular complexity index is 1010. The van der Waals surface area contributed by atoms with Crippen LogP contribution in [0.3, 0.4) is 0 Å². The van der Waals surface area contributed by atoms with Crippen molar-refractivity contribution in [2.45, 2.75) is 19.0 Å². The summed E-state index contributed by atoms with van der Waals surface area (Å²) in [5.74, 6) is 1.36. The van der Waals surface area contributed by atoms with E-state index in [1.54, 1.807) is 0 Å². The predicted octanol–water partition coefficient (Wildman–Crippen LogP) is 1.83. The summed E-state index contributed by atoms with van der Waals surface area (Å²) >= 11 is 0. The molecule has 1 amide bonds. The van der Waals surface area contributed by atoms with Crippen molar-refractivity contribution in [1.29, 1.82) is 0 Å². The third-order valence-electron chi connectivity index (χ3n) is 5.89. The molecule has 0 spiro atoms. The van der Waals surface area contributed by atoms with Crippen LogP contribution < -0.4 is 30.6 Å². The third-order valence-corrected chi connectivity index (χ3v) is 5.89. The Morgan fingerprint density at radius 3 is 2.63 bits per heavy atom. The number of rotatable bonds is 4. The minimum absolute atomic E-state index is 0.118. The van der Waals surface area contributed by atoms with Gasteiger partial charge in [-0.1, -0.05) is 12.1 Å².